The van der Waals surface area contributed by atoms with Crippen LogP contribution in [0.3, 0.4) is 0 Å². The topological polar surface area (TPSA) is 12.0 Å². The summed E-state index contributed by atoms with van der Waals surface area (Å²) in [5.74, 6) is 0.700. The molecule has 78 valence electrons. The maximum atomic E-state index is 3.48. The molecule has 2 atom stereocenters. The summed E-state index contributed by atoms with van der Waals surface area (Å²) in [6.07, 6.45) is 5.97. The predicted molar refractivity (Wildman–Crippen MR) is 63.8 cm³/mol. The van der Waals surface area contributed by atoms with Crippen LogP contribution in [0.1, 0.15) is 24.5 Å². The molecule has 0 saturated carbocycles. The van der Waals surface area contributed by atoms with Crippen LogP contribution < -0.4 is 5.32 Å². The van der Waals surface area contributed by atoms with Crippen molar-refractivity contribution in [3.8, 4) is 0 Å². The summed E-state index contributed by atoms with van der Waals surface area (Å²) < 4.78 is 0. The average Bonchev–Trinajstić information content (AvgIpc) is 2.64. The SMILES string of the molecule is CC1CNCCC12C=Cc1ccccc12. The number of fused-ring (bicyclic) bond motifs is 2. The van der Waals surface area contributed by atoms with Crippen molar-refractivity contribution in [2.45, 2.75) is 18.8 Å². The molecule has 1 aliphatic heterocycles. The van der Waals surface area contributed by atoms with Crippen molar-refractivity contribution in [1.82, 2.24) is 5.32 Å². The fourth-order valence-electron chi connectivity index (χ4n) is 3.08. The van der Waals surface area contributed by atoms with Crippen molar-refractivity contribution in [2.24, 2.45) is 5.92 Å². The highest BCUT2D eigenvalue weighted by atomic mass is 14.9. The Labute approximate surface area is 91.2 Å². The largest absolute Gasteiger partial charge is 0.316 e. The number of nitrogens with one attached hydrogen (secondary N) is 1. The highest BCUT2D eigenvalue weighted by Crippen LogP contribution is 2.45. The van der Waals surface area contributed by atoms with Gasteiger partial charge in [-0.05, 0) is 36.6 Å². The number of rotatable bonds is 0. The van der Waals surface area contributed by atoms with Gasteiger partial charge in [0.15, 0.2) is 0 Å². The van der Waals surface area contributed by atoms with Crippen LogP contribution >= 0.6 is 0 Å². The van der Waals surface area contributed by atoms with Gasteiger partial charge in [-0.15, -0.1) is 0 Å². The van der Waals surface area contributed by atoms with Crippen molar-refractivity contribution >= 4 is 6.08 Å². The minimum Gasteiger partial charge on any atom is -0.316 e. The van der Waals surface area contributed by atoms with Gasteiger partial charge in [-0.2, -0.15) is 0 Å². The molecule has 1 fully saturated rings. The van der Waals surface area contributed by atoms with E-state index in [1.54, 1.807) is 5.56 Å². The first kappa shape index (κ1) is 9.17. The zero-order valence-electron chi connectivity index (χ0n) is 9.16. The fraction of sp³-hybridized carbons (Fsp3) is 0.429. The molecule has 1 aromatic rings. The molecule has 1 N–H and O–H groups in total. The van der Waals surface area contributed by atoms with Gasteiger partial charge in [0.2, 0.25) is 0 Å². The lowest BCUT2D eigenvalue weighted by Gasteiger charge is -2.40. The zero-order valence-corrected chi connectivity index (χ0v) is 9.16. The summed E-state index contributed by atoms with van der Waals surface area (Å²) in [5.41, 5.74) is 3.28. The molecule has 15 heavy (non-hydrogen) atoms. The second-order valence-electron chi connectivity index (χ2n) is 4.82. The molecule has 0 bridgehead atoms. The second kappa shape index (κ2) is 3.21. The number of hydrogen-bond acceptors (Lipinski definition) is 1. The number of benzene rings is 1. The van der Waals surface area contributed by atoms with Gasteiger partial charge in [0.25, 0.3) is 0 Å². The lowest BCUT2D eigenvalue weighted by molar-refractivity contribution is 0.274. The average molecular weight is 199 g/mol. The molecule has 0 radical (unpaired) electrons. The smallest absolute Gasteiger partial charge is 0.0191 e. The van der Waals surface area contributed by atoms with Crippen LogP contribution in [-0.4, -0.2) is 13.1 Å². The Bertz CT molecular complexity index is 408. The van der Waals surface area contributed by atoms with Gasteiger partial charge < -0.3 is 5.32 Å². The van der Waals surface area contributed by atoms with Crippen molar-refractivity contribution in [2.75, 3.05) is 13.1 Å². The third-order valence-electron chi connectivity index (χ3n) is 4.07. The van der Waals surface area contributed by atoms with E-state index in [4.69, 9.17) is 0 Å². The molecule has 1 aromatic carbocycles. The van der Waals surface area contributed by atoms with Crippen LogP contribution in [0.4, 0.5) is 0 Å². The Balaban J connectivity index is 2.11. The third-order valence-corrected chi connectivity index (χ3v) is 4.07. The maximum absolute atomic E-state index is 3.48. The molecule has 1 heterocycles. The van der Waals surface area contributed by atoms with Gasteiger partial charge in [0, 0.05) is 5.41 Å². The van der Waals surface area contributed by atoms with E-state index in [2.05, 4.69) is 48.7 Å². The molecule has 3 rings (SSSR count). The summed E-state index contributed by atoms with van der Waals surface area (Å²) in [6, 6.07) is 8.84. The third kappa shape index (κ3) is 1.19. The molecular formula is C14H17N. The van der Waals surface area contributed by atoms with E-state index >= 15 is 0 Å². The molecule has 1 aliphatic carbocycles. The first-order valence-electron chi connectivity index (χ1n) is 5.82. The molecule has 1 spiro atoms. The van der Waals surface area contributed by atoms with Crippen LogP contribution in [0.2, 0.25) is 0 Å². The monoisotopic (exact) mass is 199 g/mol. The Morgan fingerprint density at radius 3 is 3.07 bits per heavy atom. The van der Waals surface area contributed by atoms with Crippen LogP contribution in [0.5, 0.6) is 0 Å². The van der Waals surface area contributed by atoms with E-state index < -0.39 is 0 Å². The Morgan fingerprint density at radius 1 is 1.33 bits per heavy atom. The highest BCUT2D eigenvalue weighted by molar-refractivity contribution is 5.65. The van der Waals surface area contributed by atoms with Gasteiger partial charge >= 0.3 is 0 Å². The summed E-state index contributed by atoms with van der Waals surface area (Å²) in [6.45, 7) is 4.64. The maximum Gasteiger partial charge on any atom is 0.0191 e. The first-order chi connectivity index (χ1) is 7.33. The Hall–Kier alpha value is -1.08. The van der Waals surface area contributed by atoms with E-state index in [0.717, 1.165) is 13.1 Å². The minimum atomic E-state index is 0.321. The lowest BCUT2D eigenvalue weighted by atomic mass is 9.68. The van der Waals surface area contributed by atoms with E-state index in [9.17, 15) is 0 Å². The predicted octanol–water partition coefficient (Wildman–Crippen LogP) is 2.58. The van der Waals surface area contributed by atoms with Crippen LogP contribution in [0.25, 0.3) is 6.08 Å². The minimum absolute atomic E-state index is 0.321. The van der Waals surface area contributed by atoms with Crippen LogP contribution in [0, 0.1) is 5.92 Å². The van der Waals surface area contributed by atoms with Crippen molar-refractivity contribution in [3.05, 3.63) is 41.5 Å². The van der Waals surface area contributed by atoms with Gasteiger partial charge in [-0.1, -0.05) is 43.3 Å². The summed E-state index contributed by atoms with van der Waals surface area (Å²) in [5, 5.41) is 3.48. The molecule has 0 amide bonds. The van der Waals surface area contributed by atoms with E-state index in [1.807, 2.05) is 0 Å². The van der Waals surface area contributed by atoms with Crippen molar-refractivity contribution in [1.29, 1.82) is 0 Å². The normalized spacial score (nSPS) is 33.3. The van der Waals surface area contributed by atoms with Crippen molar-refractivity contribution in [3.63, 3.8) is 0 Å². The molecule has 1 heteroatoms. The number of piperidine rings is 1. The van der Waals surface area contributed by atoms with Gasteiger partial charge in [-0.3, -0.25) is 0 Å². The fourth-order valence-corrected chi connectivity index (χ4v) is 3.08. The zero-order chi connectivity index (χ0) is 10.3. The Kier molecular flexibility index (Phi) is 1.96. The quantitative estimate of drug-likeness (QED) is 0.677. The van der Waals surface area contributed by atoms with E-state index in [-0.39, 0.29) is 0 Å². The molecule has 2 aliphatic rings. The van der Waals surface area contributed by atoms with Gasteiger partial charge in [0.1, 0.15) is 0 Å². The van der Waals surface area contributed by atoms with Crippen LogP contribution in [-0.2, 0) is 5.41 Å². The lowest BCUT2D eigenvalue weighted by Crippen LogP contribution is -2.44. The molecule has 2 unspecified atom stereocenters. The summed E-state index contributed by atoms with van der Waals surface area (Å²) in [7, 11) is 0. The highest BCUT2D eigenvalue weighted by Gasteiger charge is 2.40. The van der Waals surface area contributed by atoms with Gasteiger partial charge in [-0.25, -0.2) is 0 Å². The molecule has 0 aromatic heterocycles. The van der Waals surface area contributed by atoms with E-state index in [1.165, 1.54) is 12.0 Å². The van der Waals surface area contributed by atoms with Gasteiger partial charge in [0.05, 0.1) is 0 Å². The standard InChI is InChI=1S/C14H17N/c1-11-10-15-9-8-14(11)7-6-12-4-2-3-5-13(12)14/h2-7,11,15H,8-10H2,1H3. The number of hydrogen-bond donors (Lipinski definition) is 1. The molecular weight excluding hydrogens is 182 g/mol. The van der Waals surface area contributed by atoms with E-state index in [0.29, 0.717) is 11.3 Å². The second-order valence-corrected chi connectivity index (χ2v) is 4.82. The molecule has 1 saturated heterocycles. The molecule has 1 nitrogen and oxygen atoms in total. The summed E-state index contributed by atoms with van der Waals surface area (Å²) in [4.78, 5) is 0. The Morgan fingerprint density at radius 2 is 2.20 bits per heavy atom. The summed E-state index contributed by atoms with van der Waals surface area (Å²) >= 11 is 0. The van der Waals surface area contributed by atoms with Crippen molar-refractivity contribution < 1.29 is 0 Å². The number of allylic oxidation sites excluding steroid dienone is 1. The first-order valence-corrected chi connectivity index (χ1v) is 5.82. The van der Waals surface area contributed by atoms with Crippen LogP contribution in [0.15, 0.2) is 30.3 Å².